The Balaban J connectivity index is 1.78. The number of amides is 1. The lowest BCUT2D eigenvalue weighted by Crippen LogP contribution is -2.31. The third-order valence-corrected chi connectivity index (χ3v) is 2.85. The number of carbonyl (C=O) groups is 1. The Bertz CT molecular complexity index is 548. The third-order valence-electron chi connectivity index (χ3n) is 2.85. The van der Waals surface area contributed by atoms with Gasteiger partial charge in [0.25, 0.3) is 5.91 Å². The molecule has 1 amide bonds. The highest BCUT2D eigenvalue weighted by atomic mass is 16.5. The summed E-state index contributed by atoms with van der Waals surface area (Å²) in [6, 6.07) is 10.6. The summed E-state index contributed by atoms with van der Waals surface area (Å²) in [4.78, 5) is 11.8. The van der Waals surface area contributed by atoms with Crippen LogP contribution >= 0.6 is 0 Å². The van der Waals surface area contributed by atoms with E-state index in [1.807, 2.05) is 32.0 Å². The van der Waals surface area contributed by atoms with Crippen molar-refractivity contribution in [3.63, 3.8) is 0 Å². The summed E-state index contributed by atoms with van der Waals surface area (Å²) in [6.45, 7) is 4.36. The van der Waals surface area contributed by atoms with Crippen molar-refractivity contribution in [3.05, 3.63) is 48.4 Å². The van der Waals surface area contributed by atoms with Gasteiger partial charge in [0.1, 0.15) is 17.3 Å². The minimum Gasteiger partial charge on any atom is -0.494 e. The first-order valence-corrected chi connectivity index (χ1v) is 6.87. The van der Waals surface area contributed by atoms with Crippen LogP contribution < -0.4 is 14.8 Å². The van der Waals surface area contributed by atoms with Crippen LogP contribution in [-0.4, -0.2) is 19.1 Å². The van der Waals surface area contributed by atoms with Crippen molar-refractivity contribution in [1.29, 1.82) is 0 Å². The van der Waals surface area contributed by atoms with Gasteiger partial charge in [0.2, 0.25) is 0 Å². The van der Waals surface area contributed by atoms with E-state index < -0.39 is 0 Å². The molecule has 0 radical (unpaired) electrons. The molecule has 0 spiro atoms. The number of ether oxygens (including phenoxy) is 2. The van der Waals surface area contributed by atoms with Crippen LogP contribution in [0.25, 0.3) is 0 Å². The van der Waals surface area contributed by atoms with Crippen molar-refractivity contribution < 1.29 is 18.7 Å². The number of hydrogen-bond acceptors (Lipinski definition) is 4. The van der Waals surface area contributed by atoms with E-state index in [2.05, 4.69) is 5.32 Å². The molecule has 0 aliphatic heterocycles. The second kappa shape index (κ2) is 7.38. The minimum atomic E-state index is -0.201. The Morgan fingerprint density at radius 1 is 1.19 bits per heavy atom. The third kappa shape index (κ3) is 4.56. The molecular formula is C16H19NO4. The molecule has 2 rings (SSSR count). The van der Waals surface area contributed by atoms with Gasteiger partial charge >= 0.3 is 0 Å². The number of nitrogens with one attached hydrogen (secondary N) is 1. The molecule has 0 aliphatic rings. The van der Waals surface area contributed by atoms with Crippen LogP contribution in [0.2, 0.25) is 0 Å². The molecule has 5 heteroatoms. The molecular weight excluding hydrogens is 270 g/mol. The van der Waals surface area contributed by atoms with Gasteiger partial charge < -0.3 is 19.2 Å². The van der Waals surface area contributed by atoms with Gasteiger partial charge in [-0.1, -0.05) is 0 Å². The van der Waals surface area contributed by atoms with E-state index in [4.69, 9.17) is 13.9 Å². The first kappa shape index (κ1) is 15.0. The molecule has 112 valence electrons. The van der Waals surface area contributed by atoms with Crippen LogP contribution in [0, 0.1) is 0 Å². The van der Waals surface area contributed by atoms with Gasteiger partial charge in [-0.15, -0.1) is 0 Å². The zero-order valence-corrected chi connectivity index (χ0v) is 12.2. The van der Waals surface area contributed by atoms with E-state index in [1.54, 1.807) is 24.5 Å². The molecule has 1 atom stereocenters. The molecule has 2 aromatic rings. The molecule has 0 unspecified atom stereocenters. The van der Waals surface area contributed by atoms with Crippen molar-refractivity contribution in [3.8, 4) is 11.5 Å². The molecule has 0 bridgehead atoms. The van der Waals surface area contributed by atoms with Crippen molar-refractivity contribution in [2.24, 2.45) is 0 Å². The molecule has 0 saturated heterocycles. The van der Waals surface area contributed by atoms with E-state index in [9.17, 15) is 4.79 Å². The van der Waals surface area contributed by atoms with Crippen LogP contribution in [0.15, 0.2) is 47.1 Å². The summed E-state index contributed by atoms with van der Waals surface area (Å²) in [7, 11) is 0. The Morgan fingerprint density at radius 2 is 1.86 bits per heavy atom. The smallest absolute Gasteiger partial charge is 0.258 e. The molecule has 1 aromatic carbocycles. The number of benzene rings is 1. The highest BCUT2D eigenvalue weighted by molar-refractivity contribution is 5.77. The highest BCUT2D eigenvalue weighted by Gasteiger charge is 2.12. The maximum absolute atomic E-state index is 11.8. The fourth-order valence-electron chi connectivity index (χ4n) is 1.84. The normalized spacial score (nSPS) is 11.7. The summed E-state index contributed by atoms with van der Waals surface area (Å²) >= 11 is 0. The number of hydrogen-bond donors (Lipinski definition) is 1. The monoisotopic (exact) mass is 289 g/mol. The maximum atomic E-state index is 11.8. The van der Waals surface area contributed by atoms with E-state index in [0.29, 0.717) is 18.1 Å². The molecule has 1 heterocycles. The zero-order chi connectivity index (χ0) is 15.1. The second-order valence-corrected chi connectivity index (χ2v) is 4.50. The summed E-state index contributed by atoms with van der Waals surface area (Å²) in [5, 5.41) is 2.80. The maximum Gasteiger partial charge on any atom is 0.258 e. The highest BCUT2D eigenvalue weighted by Crippen LogP contribution is 2.17. The summed E-state index contributed by atoms with van der Waals surface area (Å²) < 4.78 is 16.0. The van der Waals surface area contributed by atoms with Crippen LogP contribution in [0.5, 0.6) is 11.5 Å². The average molecular weight is 289 g/mol. The number of rotatable bonds is 7. The van der Waals surface area contributed by atoms with Gasteiger partial charge in [-0.05, 0) is 50.2 Å². The molecule has 5 nitrogen and oxygen atoms in total. The lowest BCUT2D eigenvalue weighted by atomic mass is 10.2. The van der Waals surface area contributed by atoms with Gasteiger partial charge in [0.05, 0.1) is 18.9 Å². The molecule has 0 saturated carbocycles. The summed E-state index contributed by atoms with van der Waals surface area (Å²) in [6.07, 6.45) is 1.58. The lowest BCUT2D eigenvalue weighted by molar-refractivity contribution is -0.123. The van der Waals surface area contributed by atoms with E-state index >= 15 is 0 Å². The van der Waals surface area contributed by atoms with Crippen molar-refractivity contribution >= 4 is 5.91 Å². The fraction of sp³-hybridized carbons (Fsp3) is 0.312. The topological polar surface area (TPSA) is 60.7 Å². The Labute approximate surface area is 123 Å². The van der Waals surface area contributed by atoms with Gasteiger partial charge in [-0.2, -0.15) is 0 Å². The number of carbonyl (C=O) groups excluding carboxylic acids is 1. The number of furan rings is 1. The van der Waals surface area contributed by atoms with E-state index in [0.717, 1.165) is 5.75 Å². The molecule has 0 aliphatic carbocycles. The second-order valence-electron chi connectivity index (χ2n) is 4.50. The van der Waals surface area contributed by atoms with Gasteiger partial charge in [-0.25, -0.2) is 0 Å². The van der Waals surface area contributed by atoms with Crippen LogP contribution in [0.3, 0.4) is 0 Å². The van der Waals surface area contributed by atoms with E-state index in [1.165, 1.54) is 0 Å². The Morgan fingerprint density at radius 3 is 2.43 bits per heavy atom. The standard InChI is InChI=1S/C16H19NO4/c1-3-19-13-6-8-14(9-7-13)21-11-16(18)17-12(2)15-5-4-10-20-15/h4-10,12H,3,11H2,1-2H3,(H,17,18)/t12-/m1/s1. The molecule has 0 fully saturated rings. The van der Waals surface area contributed by atoms with Gasteiger partial charge in [0, 0.05) is 0 Å². The van der Waals surface area contributed by atoms with Crippen LogP contribution in [-0.2, 0) is 4.79 Å². The van der Waals surface area contributed by atoms with Gasteiger partial charge in [0.15, 0.2) is 6.61 Å². The predicted molar refractivity (Wildman–Crippen MR) is 78.4 cm³/mol. The quantitative estimate of drug-likeness (QED) is 0.851. The minimum absolute atomic E-state index is 0.0426. The van der Waals surface area contributed by atoms with Gasteiger partial charge in [-0.3, -0.25) is 4.79 Å². The van der Waals surface area contributed by atoms with Crippen LogP contribution in [0.4, 0.5) is 0 Å². The molecule has 1 N–H and O–H groups in total. The van der Waals surface area contributed by atoms with E-state index in [-0.39, 0.29) is 18.6 Å². The fourth-order valence-corrected chi connectivity index (χ4v) is 1.84. The predicted octanol–water partition coefficient (Wildman–Crippen LogP) is 2.93. The Kier molecular flexibility index (Phi) is 5.26. The largest absolute Gasteiger partial charge is 0.494 e. The Hall–Kier alpha value is -2.43. The van der Waals surface area contributed by atoms with Crippen molar-refractivity contribution in [2.75, 3.05) is 13.2 Å². The SMILES string of the molecule is CCOc1ccc(OCC(=O)N[C@H](C)c2ccco2)cc1. The lowest BCUT2D eigenvalue weighted by Gasteiger charge is -2.12. The summed E-state index contributed by atoms with van der Waals surface area (Å²) in [5.41, 5.74) is 0. The van der Waals surface area contributed by atoms with Crippen molar-refractivity contribution in [2.45, 2.75) is 19.9 Å². The first-order valence-electron chi connectivity index (χ1n) is 6.87. The first-order chi connectivity index (χ1) is 10.2. The average Bonchev–Trinajstić information content (AvgIpc) is 3.01. The summed E-state index contributed by atoms with van der Waals surface area (Å²) in [5.74, 6) is 1.91. The molecule has 1 aromatic heterocycles. The zero-order valence-electron chi connectivity index (χ0n) is 12.2. The van der Waals surface area contributed by atoms with Crippen LogP contribution in [0.1, 0.15) is 25.6 Å². The molecule has 21 heavy (non-hydrogen) atoms. The van der Waals surface area contributed by atoms with Crippen molar-refractivity contribution in [1.82, 2.24) is 5.32 Å².